The van der Waals surface area contributed by atoms with E-state index in [1.165, 1.54) is 17.0 Å². The number of carbonyl (C=O) groups is 1. The van der Waals surface area contributed by atoms with Gasteiger partial charge in [0.15, 0.2) is 5.78 Å². The van der Waals surface area contributed by atoms with E-state index in [9.17, 15) is 9.90 Å². The van der Waals surface area contributed by atoms with E-state index in [4.69, 9.17) is 4.98 Å². The monoisotopic (exact) mass is 863 g/mol. The minimum atomic E-state index is 0. The minimum Gasteiger partial charge on any atom is -0.512 e. The summed E-state index contributed by atoms with van der Waals surface area (Å²) in [4.78, 5) is 16.7. The van der Waals surface area contributed by atoms with E-state index in [0.717, 1.165) is 80.7 Å². The first-order valence-corrected chi connectivity index (χ1v) is 18.2. The Hall–Kier alpha value is -5.03. The van der Waals surface area contributed by atoms with E-state index in [0.29, 0.717) is 0 Å². The summed E-state index contributed by atoms with van der Waals surface area (Å²) in [6.07, 6.45) is 6.84. The number of allylic oxidation sites excluding steroid dienone is 2. The normalized spacial score (nSPS) is 11.8. The fourth-order valence-corrected chi connectivity index (χ4v) is 7.49. The molecule has 52 heavy (non-hydrogen) atoms. The molecule has 0 unspecified atom stereocenters. The molecule has 0 atom stereocenters. The van der Waals surface area contributed by atoms with E-state index in [1.54, 1.807) is 0 Å². The Labute approximate surface area is 319 Å². The minimum absolute atomic E-state index is 0. The molecule has 0 fully saturated rings. The van der Waals surface area contributed by atoms with Crippen LogP contribution in [0.15, 0.2) is 133 Å². The smallest absolute Gasteiger partial charge is 0.162 e. The maximum absolute atomic E-state index is 11.7. The summed E-state index contributed by atoms with van der Waals surface area (Å²) in [6, 6.07) is 44.4. The molecular formula is C46H44IrN3O2-. The third-order valence-electron chi connectivity index (χ3n) is 10.3. The van der Waals surface area contributed by atoms with E-state index < -0.39 is 0 Å². The van der Waals surface area contributed by atoms with Crippen LogP contribution in [0.1, 0.15) is 53.4 Å². The first kappa shape index (κ1) is 36.7. The largest absolute Gasteiger partial charge is 0.512 e. The van der Waals surface area contributed by atoms with Crippen molar-refractivity contribution in [2.45, 2.75) is 53.4 Å². The maximum Gasteiger partial charge on any atom is 0.162 e. The van der Waals surface area contributed by atoms with Crippen molar-refractivity contribution in [3.8, 4) is 11.4 Å². The Kier molecular flexibility index (Phi) is 11.4. The van der Waals surface area contributed by atoms with Crippen molar-refractivity contribution in [3.05, 3.63) is 139 Å². The van der Waals surface area contributed by atoms with Crippen LogP contribution in [0.5, 0.6) is 0 Å². The van der Waals surface area contributed by atoms with Crippen LogP contribution in [0.2, 0.25) is 0 Å². The van der Waals surface area contributed by atoms with Crippen LogP contribution in [0, 0.1) is 17.9 Å². The molecule has 0 spiro atoms. The van der Waals surface area contributed by atoms with Crippen LogP contribution in [0.25, 0.3) is 65.9 Å². The predicted molar refractivity (Wildman–Crippen MR) is 213 cm³/mol. The number of pyridine rings is 1. The summed E-state index contributed by atoms with van der Waals surface area (Å²) in [5.74, 6) is 0.547. The number of carbonyl (C=O) groups excluding carboxylic acids is 1. The van der Waals surface area contributed by atoms with Crippen LogP contribution in [-0.2, 0) is 24.9 Å². The Balaban J connectivity index is 0.000000250. The van der Waals surface area contributed by atoms with Gasteiger partial charge in [-0.3, -0.25) is 9.78 Å². The summed E-state index contributed by atoms with van der Waals surface area (Å²) in [5.41, 5.74) is 7.78. The van der Waals surface area contributed by atoms with Gasteiger partial charge in [0.05, 0.1) is 16.8 Å². The van der Waals surface area contributed by atoms with E-state index >= 15 is 0 Å². The second-order valence-electron chi connectivity index (χ2n) is 13.2. The second kappa shape index (κ2) is 16.1. The molecule has 0 bridgehead atoms. The van der Waals surface area contributed by atoms with Crippen LogP contribution in [-0.4, -0.2) is 25.0 Å². The van der Waals surface area contributed by atoms with Crippen molar-refractivity contribution in [2.24, 2.45) is 11.8 Å². The number of rotatable bonds is 9. The maximum atomic E-state index is 11.7. The Morgan fingerprint density at radius 3 is 1.81 bits per heavy atom. The number of aliphatic hydroxyl groups is 1. The number of fused-ring (bicyclic) bond motifs is 3. The van der Waals surface area contributed by atoms with Gasteiger partial charge in [-0.15, -0.1) is 17.5 Å². The molecule has 3 heterocycles. The summed E-state index contributed by atoms with van der Waals surface area (Å²) >= 11 is 0. The number of hydrogen-bond acceptors (Lipinski definition) is 3. The molecule has 1 radical (unpaired) electrons. The predicted octanol–water partition coefficient (Wildman–Crippen LogP) is 12.1. The van der Waals surface area contributed by atoms with Crippen molar-refractivity contribution >= 4 is 60.3 Å². The fourth-order valence-electron chi connectivity index (χ4n) is 7.49. The van der Waals surface area contributed by atoms with Gasteiger partial charge in [-0.05, 0) is 73.7 Å². The van der Waals surface area contributed by atoms with Gasteiger partial charge in [-0.1, -0.05) is 105 Å². The quantitative estimate of drug-likeness (QED) is 0.0893. The second-order valence-corrected chi connectivity index (χ2v) is 13.2. The molecule has 0 aliphatic carbocycles. The number of nitrogens with zero attached hydrogens (tertiary/aromatic N) is 3. The molecule has 0 aliphatic heterocycles. The van der Waals surface area contributed by atoms with Crippen molar-refractivity contribution in [3.63, 3.8) is 0 Å². The molecule has 1 N–H and O–H groups in total. The van der Waals surface area contributed by atoms with Crippen molar-refractivity contribution in [1.82, 2.24) is 14.1 Å². The van der Waals surface area contributed by atoms with Gasteiger partial charge in [0.1, 0.15) is 0 Å². The molecule has 8 aromatic rings. The van der Waals surface area contributed by atoms with Crippen molar-refractivity contribution < 1.29 is 30.0 Å². The van der Waals surface area contributed by atoms with Gasteiger partial charge < -0.3 is 14.2 Å². The molecule has 3 aromatic heterocycles. The van der Waals surface area contributed by atoms with Crippen LogP contribution in [0.3, 0.4) is 0 Å². The molecular weight excluding hydrogens is 819 g/mol. The zero-order chi connectivity index (χ0) is 35.5. The van der Waals surface area contributed by atoms with Crippen molar-refractivity contribution in [1.29, 1.82) is 0 Å². The summed E-state index contributed by atoms with van der Waals surface area (Å²) in [5, 5.41) is 15.4. The average molecular weight is 863 g/mol. The molecule has 8 rings (SSSR count). The van der Waals surface area contributed by atoms with Gasteiger partial charge in [0.25, 0.3) is 0 Å². The number of hydrogen-bond donors (Lipinski definition) is 1. The van der Waals surface area contributed by atoms with Gasteiger partial charge in [0, 0.05) is 77.4 Å². The number of para-hydroxylation sites is 2. The van der Waals surface area contributed by atoms with Crippen LogP contribution < -0.4 is 0 Å². The standard InChI is InChI=1S/C33H20N3.C13H24O2.Ir/c1-3-12-24(13-4-1)35-27-16-9-17-28-31(27)32-29(35)18-19-34-33(32)26-20-22-10-7-8-11-23(22)21-30(26)36(28)25-14-5-2-6-15-25;1-5-10(6-2)12(14)9-13(15)11(7-3)8-4;/h1-19,21H;9-11,14H,5-8H2,1-4H3;/q-1;;/b;12-9-;. The summed E-state index contributed by atoms with van der Waals surface area (Å²) in [7, 11) is 0. The first-order valence-electron chi connectivity index (χ1n) is 18.2. The SMILES string of the molecule is CCC(CC)C(=O)/C=C(\O)C(CC)CC.[Ir].[c-]1c2ccccc2cc2c1c1nccc3c1c1c(cccc1n3-c1ccccc1)n2-c1ccccc1. The summed E-state index contributed by atoms with van der Waals surface area (Å²) in [6.45, 7) is 8.07. The number of benzene rings is 5. The van der Waals surface area contributed by atoms with Gasteiger partial charge >= 0.3 is 0 Å². The zero-order valence-corrected chi connectivity index (χ0v) is 32.5. The molecule has 0 aliphatic rings. The molecule has 6 heteroatoms. The van der Waals surface area contributed by atoms with Crippen LogP contribution in [0.4, 0.5) is 0 Å². The Bertz CT molecular complexity index is 2510. The van der Waals surface area contributed by atoms with Gasteiger partial charge in [0.2, 0.25) is 0 Å². The number of aliphatic hydroxyl groups excluding tert-OH is 1. The van der Waals surface area contributed by atoms with Crippen LogP contribution >= 0.6 is 0 Å². The molecule has 0 saturated carbocycles. The molecule has 0 amide bonds. The van der Waals surface area contributed by atoms with E-state index in [2.05, 4.69) is 130 Å². The first-order chi connectivity index (χ1) is 25.0. The molecule has 5 nitrogen and oxygen atoms in total. The van der Waals surface area contributed by atoms with Gasteiger partial charge in [-0.25, -0.2) is 0 Å². The molecule has 5 aromatic carbocycles. The average Bonchev–Trinajstić information content (AvgIpc) is 3.46. The van der Waals surface area contributed by atoms with E-state index in [-0.39, 0.29) is 43.5 Å². The number of aromatic nitrogens is 3. The fraction of sp³-hybridized carbons (Fsp3) is 0.217. The topological polar surface area (TPSA) is 60.0 Å². The number of ketones is 1. The molecule has 0 saturated heterocycles. The zero-order valence-electron chi connectivity index (χ0n) is 30.1. The third-order valence-corrected chi connectivity index (χ3v) is 10.3. The van der Waals surface area contributed by atoms with E-state index in [1.807, 2.05) is 33.9 Å². The Morgan fingerprint density at radius 2 is 1.21 bits per heavy atom. The molecule has 265 valence electrons. The Morgan fingerprint density at radius 1 is 0.673 bits per heavy atom. The third kappa shape index (κ3) is 6.69. The summed E-state index contributed by atoms with van der Waals surface area (Å²) < 4.78 is 4.73. The van der Waals surface area contributed by atoms with Gasteiger partial charge in [-0.2, -0.15) is 0 Å². The van der Waals surface area contributed by atoms with Crippen molar-refractivity contribution in [2.75, 3.05) is 0 Å².